The van der Waals surface area contributed by atoms with Crippen LogP contribution < -0.4 is 4.74 Å². The van der Waals surface area contributed by atoms with Crippen molar-refractivity contribution < 1.29 is 18.7 Å². The van der Waals surface area contributed by atoms with Crippen molar-refractivity contribution in [3.63, 3.8) is 0 Å². The number of oxime groups is 1. The fraction of sp³-hybridized carbons (Fsp3) is 0.357. The summed E-state index contributed by atoms with van der Waals surface area (Å²) in [6, 6.07) is 12.5. The van der Waals surface area contributed by atoms with Gasteiger partial charge in [0.25, 0.3) is 5.72 Å². The lowest BCUT2D eigenvalue weighted by Gasteiger charge is -2.40. The van der Waals surface area contributed by atoms with Crippen LogP contribution in [0.15, 0.2) is 65.7 Å². The van der Waals surface area contributed by atoms with Crippen LogP contribution in [-0.4, -0.2) is 46.7 Å². The number of amidine groups is 1. The molecule has 36 heavy (non-hydrogen) atoms. The van der Waals surface area contributed by atoms with Crippen molar-refractivity contribution in [2.24, 2.45) is 5.16 Å². The van der Waals surface area contributed by atoms with E-state index in [1.165, 1.54) is 12.1 Å². The van der Waals surface area contributed by atoms with Gasteiger partial charge in [-0.25, -0.2) is 9.37 Å². The van der Waals surface area contributed by atoms with E-state index in [0.717, 1.165) is 59.1 Å². The fourth-order valence-corrected chi connectivity index (χ4v) is 4.72. The van der Waals surface area contributed by atoms with E-state index in [2.05, 4.69) is 27.2 Å². The first-order valence-corrected chi connectivity index (χ1v) is 12.2. The van der Waals surface area contributed by atoms with Crippen LogP contribution in [0.1, 0.15) is 43.5 Å². The van der Waals surface area contributed by atoms with Crippen LogP contribution in [0, 0.1) is 12.7 Å². The van der Waals surface area contributed by atoms with Gasteiger partial charge in [0.1, 0.15) is 18.2 Å². The minimum atomic E-state index is -0.937. The van der Waals surface area contributed by atoms with Crippen molar-refractivity contribution >= 4 is 11.9 Å². The van der Waals surface area contributed by atoms with Gasteiger partial charge >= 0.3 is 0 Å². The summed E-state index contributed by atoms with van der Waals surface area (Å²) >= 11 is 0. The van der Waals surface area contributed by atoms with E-state index in [0.29, 0.717) is 0 Å². The molecule has 0 spiro atoms. The Morgan fingerprint density at radius 3 is 2.69 bits per heavy atom. The zero-order chi connectivity index (χ0) is 25.3. The lowest BCUT2D eigenvalue weighted by atomic mass is 9.94. The minimum Gasteiger partial charge on any atom is -0.495 e. The molecule has 188 valence electrons. The van der Waals surface area contributed by atoms with Gasteiger partial charge in [-0.3, -0.25) is 0 Å². The fourth-order valence-electron chi connectivity index (χ4n) is 4.72. The molecule has 3 aromatic rings. The Morgan fingerprint density at radius 2 is 2.00 bits per heavy atom. The molecule has 0 radical (unpaired) electrons. The van der Waals surface area contributed by atoms with Crippen LogP contribution in [0.3, 0.4) is 0 Å². The molecule has 2 aliphatic heterocycles. The van der Waals surface area contributed by atoms with Gasteiger partial charge in [-0.2, -0.15) is 0 Å². The van der Waals surface area contributed by atoms with Crippen molar-refractivity contribution in [3.05, 3.63) is 83.2 Å². The molecular formula is C28H31FN4O3. The number of aromatic nitrogens is 2. The Kier molecular flexibility index (Phi) is 6.53. The number of imidazole rings is 1. The third kappa shape index (κ3) is 4.48. The molecule has 0 N–H and O–H groups in total. The summed E-state index contributed by atoms with van der Waals surface area (Å²) in [6.45, 7) is 6.97. The standard InChI is InChI=1S/C28H31FN4O3/c1-19(2)35-17-28(23-8-10-24(29)11-9-23)33-13-5-6-22(27(33)31-36-28)14-21-7-12-25(26(15-21)34-4)32-16-20(3)30-18-32/h7-12,14-16,18-19H,5-6,13,17H2,1-4H3. The van der Waals surface area contributed by atoms with Gasteiger partial charge < -0.3 is 23.8 Å². The zero-order valence-corrected chi connectivity index (χ0v) is 21.1. The molecule has 1 aromatic heterocycles. The van der Waals surface area contributed by atoms with Crippen LogP contribution in [0.2, 0.25) is 0 Å². The average molecular weight is 491 g/mol. The Morgan fingerprint density at radius 1 is 1.19 bits per heavy atom. The minimum absolute atomic E-state index is 0.0139. The second-order valence-corrected chi connectivity index (χ2v) is 9.44. The zero-order valence-electron chi connectivity index (χ0n) is 21.1. The molecule has 5 rings (SSSR count). The Hall–Kier alpha value is -3.65. The van der Waals surface area contributed by atoms with Crippen LogP contribution in [0.25, 0.3) is 11.8 Å². The van der Waals surface area contributed by atoms with Gasteiger partial charge in [0, 0.05) is 18.3 Å². The molecule has 8 heteroatoms. The number of hydrogen-bond acceptors (Lipinski definition) is 6. The molecule has 1 saturated heterocycles. The molecule has 1 atom stereocenters. The van der Waals surface area contributed by atoms with E-state index in [1.807, 2.05) is 43.7 Å². The van der Waals surface area contributed by atoms with E-state index in [1.54, 1.807) is 25.6 Å². The molecule has 7 nitrogen and oxygen atoms in total. The lowest BCUT2D eigenvalue weighted by molar-refractivity contribution is -0.160. The predicted molar refractivity (Wildman–Crippen MR) is 136 cm³/mol. The Labute approximate surface area is 210 Å². The maximum Gasteiger partial charge on any atom is 0.260 e. The van der Waals surface area contributed by atoms with Crippen molar-refractivity contribution in [1.82, 2.24) is 14.5 Å². The van der Waals surface area contributed by atoms with Crippen LogP contribution in [0.4, 0.5) is 4.39 Å². The number of ether oxygens (including phenoxy) is 2. The molecule has 0 saturated carbocycles. The molecule has 1 fully saturated rings. The van der Waals surface area contributed by atoms with E-state index < -0.39 is 5.72 Å². The van der Waals surface area contributed by atoms with E-state index in [-0.39, 0.29) is 18.5 Å². The number of piperidine rings is 1. The molecule has 1 unspecified atom stereocenters. The number of methoxy groups -OCH3 is 1. The van der Waals surface area contributed by atoms with Crippen molar-refractivity contribution in [1.29, 1.82) is 0 Å². The number of halogens is 1. The first kappa shape index (κ1) is 24.1. The third-order valence-electron chi connectivity index (χ3n) is 6.53. The second-order valence-electron chi connectivity index (χ2n) is 9.44. The number of rotatable bonds is 7. The Bertz CT molecular complexity index is 1300. The topological polar surface area (TPSA) is 61.1 Å². The average Bonchev–Trinajstić information content (AvgIpc) is 3.48. The van der Waals surface area contributed by atoms with Gasteiger partial charge in [0.2, 0.25) is 0 Å². The smallest absolute Gasteiger partial charge is 0.260 e. The van der Waals surface area contributed by atoms with Crippen LogP contribution >= 0.6 is 0 Å². The highest BCUT2D eigenvalue weighted by molar-refractivity contribution is 6.03. The quantitative estimate of drug-likeness (QED) is 0.442. The monoisotopic (exact) mass is 490 g/mol. The van der Waals surface area contributed by atoms with Gasteiger partial charge in [0.15, 0.2) is 5.84 Å². The third-order valence-corrected chi connectivity index (χ3v) is 6.53. The van der Waals surface area contributed by atoms with Crippen LogP contribution in [0.5, 0.6) is 5.75 Å². The van der Waals surface area contributed by atoms with Crippen LogP contribution in [-0.2, 0) is 15.3 Å². The number of benzene rings is 2. The highest BCUT2D eigenvalue weighted by Gasteiger charge is 2.50. The summed E-state index contributed by atoms with van der Waals surface area (Å²) in [7, 11) is 1.67. The summed E-state index contributed by atoms with van der Waals surface area (Å²) in [6.07, 6.45) is 7.69. The second kappa shape index (κ2) is 9.78. The normalized spacial score (nSPS) is 20.4. The lowest BCUT2D eigenvalue weighted by Crippen LogP contribution is -2.52. The number of hydrogen-bond donors (Lipinski definition) is 0. The number of aryl methyl sites for hydroxylation is 1. The summed E-state index contributed by atoms with van der Waals surface area (Å²) in [5.41, 5.74) is 3.82. The number of nitrogens with zero attached hydrogens (tertiary/aromatic N) is 4. The first-order chi connectivity index (χ1) is 17.4. The van der Waals surface area contributed by atoms with Crippen molar-refractivity contribution in [2.45, 2.75) is 45.4 Å². The van der Waals surface area contributed by atoms with Gasteiger partial charge in [0.05, 0.1) is 30.9 Å². The molecule has 3 heterocycles. The van der Waals surface area contributed by atoms with E-state index in [4.69, 9.17) is 14.3 Å². The Balaban J connectivity index is 1.47. The SMILES string of the molecule is COc1cc(C=C2CCCN3C2=NOC3(COC(C)C)c2ccc(F)cc2)ccc1-n1cnc(C)c1. The molecule has 0 bridgehead atoms. The molecule has 2 aromatic carbocycles. The largest absolute Gasteiger partial charge is 0.495 e. The van der Waals surface area contributed by atoms with E-state index >= 15 is 0 Å². The van der Waals surface area contributed by atoms with Gasteiger partial charge in [-0.15, -0.1) is 0 Å². The van der Waals surface area contributed by atoms with Crippen molar-refractivity contribution in [2.75, 3.05) is 20.3 Å². The molecule has 0 amide bonds. The first-order valence-electron chi connectivity index (χ1n) is 12.2. The summed E-state index contributed by atoms with van der Waals surface area (Å²) < 4.78 is 27.4. The number of fused-ring (bicyclic) bond motifs is 1. The summed E-state index contributed by atoms with van der Waals surface area (Å²) in [5, 5.41) is 4.53. The summed E-state index contributed by atoms with van der Waals surface area (Å²) in [4.78, 5) is 12.6. The summed E-state index contributed by atoms with van der Waals surface area (Å²) in [5.74, 6) is 1.25. The van der Waals surface area contributed by atoms with Gasteiger partial charge in [-0.1, -0.05) is 11.2 Å². The predicted octanol–water partition coefficient (Wildman–Crippen LogP) is 5.43. The van der Waals surface area contributed by atoms with Crippen molar-refractivity contribution in [3.8, 4) is 11.4 Å². The maximum atomic E-state index is 13.7. The highest BCUT2D eigenvalue weighted by Crippen LogP contribution is 2.41. The van der Waals surface area contributed by atoms with Gasteiger partial charge in [-0.05, 0) is 87.2 Å². The highest BCUT2D eigenvalue weighted by atomic mass is 19.1. The molecule has 0 aliphatic carbocycles. The maximum absolute atomic E-state index is 13.7. The molecular weight excluding hydrogens is 459 g/mol. The molecule has 2 aliphatic rings. The van der Waals surface area contributed by atoms with E-state index in [9.17, 15) is 4.39 Å².